The number of nitrogens with one attached hydrogen (secondary N) is 1. The van der Waals surface area contributed by atoms with Crippen LogP contribution in [0.3, 0.4) is 0 Å². The molecule has 1 aromatic heterocycles. The zero-order chi connectivity index (χ0) is 9.52. The van der Waals surface area contributed by atoms with Crippen LogP contribution in [0.25, 0.3) is 0 Å². The monoisotopic (exact) mass is 198 g/mol. The Balaban J connectivity index is 2.45. The van der Waals surface area contributed by atoms with Gasteiger partial charge in [-0.25, -0.2) is 0 Å². The molecule has 13 heavy (non-hydrogen) atoms. The predicted molar refractivity (Wildman–Crippen MR) is 60.2 cm³/mol. The highest BCUT2D eigenvalue weighted by atomic mass is 32.2. The first-order valence-corrected chi connectivity index (χ1v) is 6.11. The van der Waals surface area contributed by atoms with Crippen LogP contribution >= 0.6 is 11.8 Å². The van der Waals surface area contributed by atoms with Crippen LogP contribution in [-0.2, 0) is 13.1 Å². The van der Waals surface area contributed by atoms with E-state index < -0.39 is 0 Å². The van der Waals surface area contributed by atoms with E-state index in [9.17, 15) is 0 Å². The third-order valence-corrected chi connectivity index (χ3v) is 2.61. The standard InChI is InChI=1S/C10H18N2S/c1-3-11-9-10-5-4-6-12(10)7-8-13-2/h4-6,11H,3,7-9H2,1-2H3. The summed E-state index contributed by atoms with van der Waals surface area (Å²) in [6, 6.07) is 4.30. The predicted octanol–water partition coefficient (Wildman–Crippen LogP) is 1.96. The summed E-state index contributed by atoms with van der Waals surface area (Å²) in [5.74, 6) is 1.19. The van der Waals surface area contributed by atoms with Crippen molar-refractivity contribution in [3.05, 3.63) is 24.0 Å². The number of nitrogens with zero attached hydrogens (tertiary/aromatic N) is 1. The lowest BCUT2D eigenvalue weighted by Crippen LogP contribution is -2.15. The van der Waals surface area contributed by atoms with Crippen molar-refractivity contribution in [1.82, 2.24) is 9.88 Å². The second-order valence-corrected chi connectivity index (χ2v) is 3.95. The molecule has 0 fully saturated rings. The van der Waals surface area contributed by atoms with Crippen molar-refractivity contribution in [2.45, 2.75) is 20.0 Å². The fourth-order valence-corrected chi connectivity index (χ4v) is 1.65. The molecule has 1 rings (SSSR count). The molecule has 0 aliphatic carbocycles. The molecule has 0 aliphatic rings. The second kappa shape index (κ2) is 6.11. The van der Waals surface area contributed by atoms with Crippen LogP contribution < -0.4 is 5.32 Å². The number of hydrogen-bond acceptors (Lipinski definition) is 2. The minimum absolute atomic E-state index is 0.984. The summed E-state index contributed by atoms with van der Waals surface area (Å²) >= 11 is 1.89. The summed E-state index contributed by atoms with van der Waals surface area (Å²) in [7, 11) is 0. The highest BCUT2D eigenvalue weighted by molar-refractivity contribution is 7.98. The van der Waals surface area contributed by atoms with E-state index in [1.165, 1.54) is 11.4 Å². The molecular weight excluding hydrogens is 180 g/mol. The highest BCUT2D eigenvalue weighted by Gasteiger charge is 1.98. The van der Waals surface area contributed by atoms with Crippen molar-refractivity contribution in [1.29, 1.82) is 0 Å². The van der Waals surface area contributed by atoms with Crippen molar-refractivity contribution >= 4 is 11.8 Å². The van der Waals surface area contributed by atoms with E-state index >= 15 is 0 Å². The molecule has 1 N–H and O–H groups in total. The van der Waals surface area contributed by atoms with Gasteiger partial charge in [0.2, 0.25) is 0 Å². The summed E-state index contributed by atoms with van der Waals surface area (Å²) in [6.45, 7) is 5.27. The summed E-state index contributed by atoms with van der Waals surface area (Å²) in [5.41, 5.74) is 1.39. The van der Waals surface area contributed by atoms with E-state index in [1.807, 2.05) is 11.8 Å². The number of aromatic nitrogens is 1. The van der Waals surface area contributed by atoms with Gasteiger partial charge in [0.1, 0.15) is 0 Å². The molecule has 3 heteroatoms. The normalized spacial score (nSPS) is 10.6. The molecule has 2 nitrogen and oxygen atoms in total. The van der Waals surface area contributed by atoms with Crippen LogP contribution in [0.15, 0.2) is 18.3 Å². The molecular formula is C10H18N2S. The topological polar surface area (TPSA) is 17.0 Å². The van der Waals surface area contributed by atoms with Crippen molar-refractivity contribution in [3.8, 4) is 0 Å². The highest BCUT2D eigenvalue weighted by Crippen LogP contribution is 2.04. The van der Waals surface area contributed by atoms with Gasteiger partial charge in [0.25, 0.3) is 0 Å². The van der Waals surface area contributed by atoms with Gasteiger partial charge in [0.05, 0.1) is 0 Å². The molecule has 1 heterocycles. The van der Waals surface area contributed by atoms with Crippen LogP contribution in [0.1, 0.15) is 12.6 Å². The maximum atomic E-state index is 3.34. The molecule has 0 amide bonds. The third kappa shape index (κ3) is 3.44. The lowest BCUT2D eigenvalue weighted by Gasteiger charge is -2.08. The van der Waals surface area contributed by atoms with Gasteiger partial charge >= 0.3 is 0 Å². The Morgan fingerprint density at radius 1 is 1.54 bits per heavy atom. The van der Waals surface area contributed by atoms with E-state index in [4.69, 9.17) is 0 Å². The minimum atomic E-state index is 0.984. The Kier molecular flexibility index (Phi) is 5.01. The lowest BCUT2D eigenvalue weighted by molar-refractivity contribution is 0.649. The fraction of sp³-hybridized carbons (Fsp3) is 0.600. The third-order valence-electron chi connectivity index (χ3n) is 2.02. The lowest BCUT2D eigenvalue weighted by atomic mass is 10.4. The number of rotatable bonds is 6. The smallest absolute Gasteiger partial charge is 0.0359 e. The molecule has 0 saturated carbocycles. The van der Waals surface area contributed by atoms with Crippen LogP contribution in [-0.4, -0.2) is 23.1 Å². The molecule has 0 radical (unpaired) electrons. The number of thioether (sulfide) groups is 1. The molecule has 0 spiro atoms. The minimum Gasteiger partial charge on any atom is -0.349 e. The van der Waals surface area contributed by atoms with Gasteiger partial charge in [-0.2, -0.15) is 11.8 Å². The Bertz CT molecular complexity index is 210. The summed E-state index contributed by atoms with van der Waals surface area (Å²) in [5, 5.41) is 3.34. The van der Waals surface area contributed by atoms with E-state index in [0.717, 1.165) is 19.6 Å². The van der Waals surface area contributed by atoms with Crippen molar-refractivity contribution < 1.29 is 0 Å². The summed E-state index contributed by atoms with van der Waals surface area (Å²) in [4.78, 5) is 0. The molecule has 0 aromatic carbocycles. The van der Waals surface area contributed by atoms with Crippen molar-refractivity contribution in [2.24, 2.45) is 0 Å². The first-order chi connectivity index (χ1) is 6.38. The van der Waals surface area contributed by atoms with Crippen molar-refractivity contribution in [2.75, 3.05) is 18.6 Å². The Morgan fingerprint density at radius 2 is 2.38 bits per heavy atom. The van der Waals surface area contributed by atoms with Gasteiger partial charge in [-0.15, -0.1) is 0 Å². The Morgan fingerprint density at radius 3 is 3.08 bits per heavy atom. The zero-order valence-electron chi connectivity index (χ0n) is 8.42. The maximum Gasteiger partial charge on any atom is 0.0359 e. The van der Waals surface area contributed by atoms with Gasteiger partial charge in [-0.1, -0.05) is 6.92 Å². The maximum absolute atomic E-state index is 3.34. The second-order valence-electron chi connectivity index (χ2n) is 2.97. The quantitative estimate of drug-likeness (QED) is 0.752. The van der Waals surface area contributed by atoms with Gasteiger partial charge in [-0.3, -0.25) is 0 Å². The van der Waals surface area contributed by atoms with Crippen LogP contribution in [0.4, 0.5) is 0 Å². The zero-order valence-corrected chi connectivity index (χ0v) is 9.23. The summed E-state index contributed by atoms with van der Waals surface area (Å²) in [6.07, 6.45) is 4.30. The average Bonchev–Trinajstić information content (AvgIpc) is 2.59. The fourth-order valence-electron chi connectivity index (χ4n) is 1.27. The molecule has 0 aliphatic heterocycles. The SMILES string of the molecule is CCNCc1cccn1CCSC. The molecule has 0 saturated heterocycles. The van der Waals surface area contributed by atoms with E-state index in [2.05, 4.69) is 41.4 Å². The molecule has 1 aromatic rings. The molecule has 0 unspecified atom stereocenters. The van der Waals surface area contributed by atoms with E-state index in [-0.39, 0.29) is 0 Å². The van der Waals surface area contributed by atoms with E-state index in [0.29, 0.717) is 0 Å². The number of aryl methyl sites for hydroxylation is 1. The Labute approximate surface area is 84.7 Å². The van der Waals surface area contributed by atoms with Crippen LogP contribution in [0, 0.1) is 0 Å². The number of hydrogen-bond donors (Lipinski definition) is 1. The molecule has 0 bridgehead atoms. The summed E-state index contributed by atoms with van der Waals surface area (Å²) < 4.78 is 2.32. The van der Waals surface area contributed by atoms with Gasteiger partial charge in [0.15, 0.2) is 0 Å². The first kappa shape index (κ1) is 10.7. The van der Waals surface area contributed by atoms with E-state index in [1.54, 1.807) is 0 Å². The van der Waals surface area contributed by atoms with Gasteiger partial charge in [0, 0.05) is 30.7 Å². The molecule has 74 valence electrons. The van der Waals surface area contributed by atoms with Gasteiger partial charge in [-0.05, 0) is 24.9 Å². The van der Waals surface area contributed by atoms with Crippen molar-refractivity contribution in [3.63, 3.8) is 0 Å². The van der Waals surface area contributed by atoms with Gasteiger partial charge < -0.3 is 9.88 Å². The van der Waals surface area contributed by atoms with Crippen LogP contribution in [0.2, 0.25) is 0 Å². The first-order valence-electron chi connectivity index (χ1n) is 4.72. The largest absolute Gasteiger partial charge is 0.349 e. The molecule has 0 atom stereocenters. The van der Waals surface area contributed by atoms with Crippen LogP contribution in [0.5, 0.6) is 0 Å². The average molecular weight is 198 g/mol. The Hall–Kier alpha value is -0.410.